The number of fused-ring (bicyclic) bond motifs is 2. The molecule has 0 bridgehead atoms. The van der Waals surface area contributed by atoms with E-state index in [4.69, 9.17) is 11.6 Å². The Morgan fingerprint density at radius 2 is 1.83 bits per heavy atom. The molecule has 0 saturated heterocycles. The van der Waals surface area contributed by atoms with Gasteiger partial charge in [-0.15, -0.1) is 0 Å². The molecule has 0 N–H and O–H groups in total. The first-order chi connectivity index (χ1) is 11.3. The van der Waals surface area contributed by atoms with Crippen LogP contribution in [0.1, 0.15) is 11.3 Å². The molecule has 0 radical (unpaired) electrons. The second-order valence-electron chi connectivity index (χ2n) is 5.44. The second kappa shape index (κ2) is 5.38. The maximum atomic E-state index is 15.0. The minimum absolute atomic E-state index is 0.203. The zero-order chi connectivity index (χ0) is 17.2. The van der Waals surface area contributed by atoms with Gasteiger partial charge in [-0.05, 0) is 51.8 Å². The highest BCUT2D eigenvalue weighted by molar-refractivity contribution is 9.18. The molecule has 1 aromatic heterocycles. The zero-order valence-electron chi connectivity index (χ0n) is 11.8. The Morgan fingerprint density at radius 1 is 1.08 bits per heavy atom. The summed E-state index contributed by atoms with van der Waals surface area (Å²) in [7, 11) is 0. The number of halogens is 6. The predicted molar refractivity (Wildman–Crippen MR) is 96.3 cm³/mol. The number of hydrogen-bond acceptors (Lipinski definition) is 0. The number of hydrogen-bond donors (Lipinski definition) is 0. The molecule has 122 valence electrons. The summed E-state index contributed by atoms with van der Waals surface area (Å²) in [6, 6.07) is 7.16. The van der Waals surface area contributed by atoms with Gasteiger partial charge in [0.05, 0.1) is 10.2 Å². The first-order valence-corrected chi connectivity index (χ1v) is 8.87. The SMILES string of the molecule is Fc1cc(Cl)cc(C2=C3C=CC(Br)=[N+]3[B-](F)(F)n3c(Br)ccc32)c1. The van der Waals surface area contributed by atoms with Crippen LogP contribution >= 0.6 is 43.5 Å². The Balaban J connectivity index is 2.12. The van der Waals surface area contributed by atoms with Crippen LogP contribution in [0.3, 0.4) is 0 Å². The van der Waals surface area contributed by atoms with E-state index in [1.807, 2.05) is 0 Å². The molecule has 2 nitrogen and oxygen atoms in total. The van der Waals surface area contributed by atoms with Crippen LogP contribution in [0, 0.1) is 5.82 Å². The Labute approximate surface area is 157 Å². The lowest BCUT2D eigenvalue weighted by Crippen LogP contribution is -2.50. The third-order valence-corrected chi connectivity index (χ3v) is 5.53. The normalized spacial score (nSPS) is 18.2. The van der Waals surface area contributed by atoms with E-state index in [9.17, 15) is 4.39 Å². The van der Waals surface area contributed by atoms with Crippen molar-refractivity contribution < 1.29 is 17.5 Å². The monoisotopic (exact) mass is 476 g/mol. The molecular formula is C15H7BBr2ClF3N2. The Bertz CT molecular complexity index is 974. The molecule has 9 heteroatoms. The molecule has 4 rings (SSSR count). The van der Waals surface area contributed by atoms with E-state index in [-0.39, 0.29) is 14.2 Å². The largest absolute Gasteiger partial charge is 0.738 e. The molecule has 0 amide bonds. The fourth-order valence-electron chi connectivity index (χ4n) is 3.13. The van der Waals surface area contributed by atoms with E-state index >= 15 is 8.63 Å². The summed E-state index contributed by atoms with van der Waals surface area (Å²) < 4.78 is 46.2. The highest BCUT2D eigenvalue weighted by Gasteiger charge is 2.54. The Morgan fingerprint density at radius 3 is 2.54 bits per heavy atom. The lowest BCUT2D eigenvalue weighted by Gasteiger charge is -2.32. The fourth-order valence-corrected chi connectivity index (χ4v) is 4.49. The molecule has 0 fully saturated rings. The second-order valence-corrected chi connectivity index (χ2v) is 7.51. The van der Waals surface area contributed by atoms with Crippen LogP contribution in [0.2, 0.25) is 5.02 Å². The highest BCUT2D eigenvalue weighted by Crippen LogP contribution is 2.42. The van der Waals surface area contributed by atoms with Crippen molar-refractivity contribution >= 4 is 60.6 Å². The predicted octanol–water partition coefficient (Wildman–Crippen LogP) is 5.41. The van der Waals surface area contributed by atoms with E-state index in [1.54, 1.807) is 30.4 Å². The summed E-state index contributed by atoms with van der Waals surface area (Å²) in [4.78, 5) is 0. The Kier molecular flexibility index (Phi) is 3.64. The van der Waals surface area contributed by atoms with Crippen molar-refractivity contribution in [2.75, 3.05) is 0 Å². The number of benzene rings is 1. The minimum atomic E-state index is -4.09. The molecule has 2 aromatic rings. The van der Waals surface area contributed by atoms with E-state index in [0.29, 0.717) is 22.5 Å². The quantitative estimate of drug-likeness (QED) is 0.485. The third kappa shape index (κ3) is 2.19. The van der Waals surface area contributed by atoms with Gasteiger partial charge in [-0.2, -0.15) is 0 Å². The lowest BCUT2D eigenvalue weighted by atomic mass is 9.86. The van der Waals surface area contributed by atoms with Crippen LogP contribution in [0.15, 0.2) is 52.8 Å². The molecule has 0 aliphatic carbocycles. The maximum Gasteiger partial charge on any atom is 0.738 e. The molecular weight excluding hydrogens is 471 g/mol. The molecule has 0 saturated carbocycles. The van der Waals surface area contributed by atoms with Gasteiger partial charge >= 0.3 is 6.97 Å². The molecule has 1 aromatic carbocycles. The number of nitrogens with zero attached hydrogens (tertiary/aromatic N) is 2. The van der Waals surface area contributed by atoms with Crippen LogP contribution in [-0.2, 0) is 0 Å². The van der Waals surface area contributed by atoms with Crippen LogP contribution in [-0.4, -0.2) is 20.6 Å². The molecule has 3 heterocycles. The summed E-state index contributed by atoms with van der Waals surface area (Å²) >= 11 is 12.3. The fraction of sp³-hybridized carbons (Fsp3) is 0. The maximum absolute atomic E-state index is 15.0. The van der Waals surface area contributed by atoms with Gasteiger partial charge in [0, 0.05) is 38.8 Å². The summed E-state index contributed by atoms with van der Waals surface area (Å²) in [6.45, 7) is -4.09. The molecule has 0 atom stereocenters. The van der Waals surface area contributed by atoms with Crippen LogP contribution in [0.5, 0.6) is 0 Å². The minimum Gasteiger partial charge on any atom is -0.389 e. The van der Waals surface area contributed by atoms with Gasteiger partial charge in [0.2, 0.25) is 4.62 Å². The van der Waals surface area contributed by atoms with Crippen molar-refractivity contribution in [2.45, 2.75) is 0 Å². The topological polar surface area (TPSA) is 7.94 Å². The summed E-state index contributed by atoms with van der Waals surface area (Å²) in [5, 5.41) is 0.203. The summed E-state index contributed by atoms with van der Waals surface area (Å²) in [6.07, 6.45) is 3.13. The summed E-state index contributed by atoms with van der Waals surface area (Å²) in [5.74, 6) is -0.526. The van der Waals surface area contributed by atoms with Crippen molar-refractivity contribution in [3.63, 3.8) is 0 Å². The summed E-state index contributed by atoms with van der Waals surface area (Å²) in [5.41, 5.74) is 1.52. The van der Waals surface area contributed by atoms with Gasteiger partial charge in [-0.1, -0.05) is 11.6 Å². The first kappa shape index (κ1) is 16.2. The van der Waals surface area contributed by atoms with E-state index in [1.165, 1.54) is 12.1 Å². The van der Waals surface area contributed by atoms with E-state index in [0.717, 1.165) is 8.96 Å². The van der Waals surface area contributed by atoms with Crippen LogP contribution in [0.4, 0.5) is 13.0 Å². The van der Waals surface area contributed by atoms with Gasteiger partial charge < -0.3 is 17.6 Å². The van der Waals surface area contributed by atoms with Gasteiger partial charge in [0.1, 0.15) is 5.82 Å². The number of rotatable bonds is 1. The average molecular weight is 478 g/mol. The molecule has 24 heavy (non-hydrogen) atoms. The van der Waals surface area contributed by atoms with Gasteiger partial charge in [0.15, 0.2) is 5.70 Å². The number of allylic oxidation sites excluding steroid dienone is 2. The van der Waals surface area contributed by atoms with Crippen LogP contribution < -0.4 is 0 Å². The van der Waals surface area contributed by atoms with Crippen LogP contribution in [0.25, 0.3) is 5.57 Å². The van der Waals surface area contributed by atoms with Crippen molar-refractivity contribution in [3.05, 3.63) is 74.9 Å². The van der Waals surface area contributed by atoms with Crippen molar-refractivity contribution in [3.8, 4) is 0 Å². The van der Waals surface area contributed by atoms with Crippen molar-refractivity contribution in [1.82, 2.24) is 4.48 Å². The molecule has 2 aliphatic heterocycles. The third-order valence-electron chi connectivity index (χ3n) is 4.02. The lowest BCUT2D eigenvalue weighted by molar-refractivity contribution is -0.358. The standard InChI is InChI=1S/C15H7BBr2ClF3N2/c17-13-3-1-11-15(8-5-9(19)7-10(20)6-8)12-2-4-14(18)24(12)16(21,22)23(11)13/h1-7H. The smallest absolute Gasteiger partial charge is 0.389 e. The van der Waals surface area contributed by atoms with Gasteiger partial charge in [0.25, 0.3) is 0 Å². The van der Waals surface area contributed by atoms with Crippen molar-refractivity contribution in [2.24, 2.45) is 0 Å². The molecule has 0 unspecified atom stereocenters. The zero-order valence-corrected chi connectivity index (χ0v) is 15.7. The number of aromatic nitrogens is 1. The van der Waals surface area contributed by atoms with Crippen molar-refractivity contribution in [1.29, 1.82) is 0 Å². The molecule has 0 spiro atoms. The van der Waals surface area contributed by atoms with E-state index in [2.05, 4.69) is 31.9 Å². The van der Waals surface area contributed by atoms with Gasteiger partial charge in [-0.25, -0.2) is 4.39 Å². The highest BCUT2D eigenvalue weighted by atomic mass is 79.9. The first-order valence-electron chi connectivity index (χ1n) is 6.91. The average Bonchev–Trinajstić information content (AvgIpc) is 3.03. The molecule has 2 aliphatic rings. The van der Waals surface area contributed by atoms with E-state index < -0.39 is 12.8 Å². The Hall–Kier alpha value is -1.25. The van der Waals surface area contributed by atoms with Gasteiger partial charge in [-0.3, -0.25) is 0 Å².